The molecule has 0 unspecified atom stereocenters. The summed E-state index contributed by atoms with van der Waals surface area (Å²) in [6, 6.07) is 12.4. The first-order valence-electron chi connectivity index (χ1n) is 7.29. The molecule has 1 aliphatic heterocycles. The van der Waals surface area contributed by atoms with E-state index in [0.29, 0.717) is 28.2 Å². The Hall–Kier alpha value is -3.48. The maximum absolute atomic E-state index is 12.6. The van der Waals surface area contributed by atoms with Crippen LogP contribution in [-0.4, -0.2) is 28.6 Å². The summed E-state index contributed by atoms with van der Waals surface area (Å²) >= 11 is 0. The number of rotatable bonds is 2. The van der Waals surface area contributed by atoms with E-state index in [2.05, 4.69) is 20.8 Å². The standard InChI is InChI=1S/C17H12N4O3/c22-16-9-24-15-6-5-10(7-14(15)20-16)19-17(23)12-8-18-21-13-4-2-1-3-11(12)13/h1-8H,9H2,(H,19,23)(H,20,22). The van der Waals surface area contributed by atoms with E-state index in [-0.39, 0.29) is 18.4 Å². The van der Waals surface area contributed by atoms with Gasteiger partial charge in [0.2, 0.25) is 0 Å². The highest BCUT2D eigenvalue weighted by Crippen LogP contribution is 2.30. The predicted molar refractivity (Wildman–Crippen MR) is 88.1 cm³/mol. The van der Waals surface area contributed by atoms with Crippen LogP contribution in [0.4, 0.5) is 11.4 Å². The normalized spacial score (nSPS) is 12.9. The highest BCUT2D eigenvalue weighted by Gasteiger charge is 2.17. The topological polar surface area (TPSA) is 93.2 Å². The summed E-state index contributed by atoms with van der Waals surface area (Å²) in [5.74, 6) is 0.0445. The van der Waals surface area contributed by atoms with Crippen LogP contribution in [0, 0.1) is 0 Å². The van der Waals surface area contributed by atoms with Gasteiger partial charge in [0.05, 0.1) is 23.0 Å². The molecule has 1 aliphatic rings. The Kier molecular flexibility index (Phi) is 3.31. The average Bonchev–Trinajstić information content (AvgIpc) is 2.61. The van der Waals surface area contributed by atoms with Crippen LogP contribution in [-0.2, 0) is 4.79 Å². The summed E-state index contributed by atoms with van der Waals surface area (Å²) in [6.45, 7) is -0.00657. The molecule has 0 bridgehead atoms. The number of benzene rings is 2. The van der Waals surface area contributed by atoms with Crippen molar-refractivity contribution in [2.75, 3.05) is 17.2 Å². The summed E-state index contributed by atoms with van der Waals surface area (Å²) in [5, 5.41) is 14.1. The van der Waals surface area contributed by atoms with Crippen molar-refractivity contribution in [1.29, 1.82) is 0 Å². The zero-order valence-electron chi connectivity index (χ0n) is 12.4. The van der Waals surface area contributed by atoms with Gasteiger partial charge in [0.1, 0.15) is 5.75 Å². The molecule has 3 aromatic rings. The number of ether oxygens (including phenoxy) is 1. The minimum absolute atomic E-state index is 0.00657. The van der Waals surface area contributed by atoms with E-state index in [4.69, 9.17) is 4.74 Å². The average molecular weight is 320 g/mol. The molecule has 4 rings (SSSR count). The van der Waals surface area contributed by atoms with Crippen molar-refractivity contribution in [2.45, 2.75) is 0 Å². The fourth-order valence-corrected chi connectivity index (χ4v) is 2.55. The Balaban J connectivity index is 1.64. The Morgan fingerprint density at radius 2 is 2.08 bits per heavy atom. The molecular formula is C17H12N4O3. The van der Waals surface area contributed by atoms with Gasteiger partial charge in [0.15, 0.2) is 6.61 Å². The van der Waals surface area contributed by atoms with E-state index in [1.165, 1.54) is 6.20 Å². The smallest absolute Gasteiger partial charge is 0.262 e. The van der Waals surface area contributed by atoms with Gasteiger partial charge in [-0.1, -0.05) is 18.2 Å². The van der Waals surface area contributed by atoms with E-state index in [9.17, 15) is 9.59 Å². The first kappa shape index (κ1) is 14.1. The number of amides is 2. The first-order chi connectivity index (χ1) is 11.7. The quantitative estimate of drug-likeness (QED) is 0.755. The summed E-state index contributed by atoms with van der Waals surface area (Å²) in [7, 11) is 0. The van der Waals surface area contributed by atoms with Gasteiger partial charge in [-0.25, -0.2) is 0 Å². The second kappa shape index (κ2) is 5.62. The molecule has 118 valence electrons. The molecular weight excluding hydrogens is 308 g/mol. The number of aromatic nitrogens is 2. The number of carbonyl (C=O) groups is 2. The lowest BCUT2D eigenvalue weighted by Gasteiger charge is -2.18. The van der Waals surface area contributed by atoms with E-state index >= 15 is 0 Å². The molecule has 0 aliphatic carbocycles. The number of hydrogen-bond donors (Lipinski definition) is 2. The number of anilines is 2. The fourth-order valence-electron chi connectivity index (χ4n) is 2.55. The number of carbonyl (C=O) groups excluding carboxylic acids is 2. The molecule has 2 aromatic carbocycles. The Bertz CT molecular complexity index is 966. The SMILES string of the molecule is O=C1COc2ccc(NC(=O)c3cnnc4ccccc34)cc2N1. The highest BCUT2D eigenvalue weighted by molar-refractivity contribution is 6.12. The maximum Gasteiger partial charge on any atom is 0.262 e. The Labute approximate surface area is 136 Å². The molecule has 7 heteroatoms. The summed E-state index contributed by atoms with van der Waals surface area (Å²) in [5.41, 5.74) is 2.15. The molecule has 0 radical (unpaired) electrons. The fraction of sp³-hybridized carbons (Fsp3) is 0.0588. The second-order valence-corrected chi connectivity index (χ2v) is 5.28. The lowest BCUT2D eigenvalue weighted by molar-refractivity contribution is -0.118. The first-order valence-corrected chi connectivity index (χ1v) is 7.29. The number of fused-ring (bicyclic) bond motifs is 2. The van der Waals surface area contributed by atoms with Crippen LogP contribution in [0.1, 0.15) is 10.4 Å². The molecule has 2 heterocycles. The minimum atomic E-state index is -0.302. The molecule has 0 spiro atoms. The second-order valence-electron chi connectivity index (χ2n) is 5.28. The van der Waals surface area contributed by atoms with Crippen LogP contribution in [0.3, 0.4) is 0 Å². The minimum Gasteiger partial charge on any atom is -0.482 e. The number of nitrogens with one attached hydrogen (secondary N) is 2. The molecule has 24 heavy (non-hydrogen) atoms. The highest BCUT2D eigenvalue weighted by atomic mass is 16.5. The van der Waals surface area contributed by atoms with Crippen LogP contribution in [0.25, 0.3) is 10.9 Å². The zero-order chi connectivity index (χ0) is 16.5. The van der Waals surface area contributed by atoms with Crippen molar-refractivity contribution in [3.05, 3.63) is 54.2 Å². The molecule has 0 atom stereocenters. The van der Waals surface area contributed by atoms with E-state index in [0.717, 1.165) is 5.39 Å². The predicted octanol–water partition coefficient (Wildman–Crippen LogP) is 2.21. The van der Waals surface area contributed by atoms with Gasteiger partial charge in [-0.05, 0) is 24.3 Å². The van der Waals surface area contributed by atoms with E-state index in [1.54, 1.807) is 24.3 Å². The van der Waals surface area contributed by atoms with E-state index in [1.807, 2.05) is 18.2 Å². The Morgan fingerprint density at radius 1 is 1.21 bits per heavy atom. The van der Waals surface area contributed by atoms with Gasteiger partial charge in [0, 0.05) is 11.1 Å². The number of hydrogen-bond acceptors (Lipinski definition) is 5. The van der Waals surface area contributed by atoms with E-state index < -0.39 is 0 Å². The molecule has 0 saturated heterocycles. The lowest BCUT2D eigenvalue weighted by atomic mass is 10.1. The van der Waals surface area contributed by atoms with Crippen LogP contribution < -0.4 is 15.4 Å². The molecule has 2 amide bonds. The molecule has 1 aromatic heterocycles. The molecule has 7 nitrogen and oxygen atoms in total. The summed E-state index contributed by atoms with van der Waals surface area (Å²) in [4.78, 5) is 24.0. The van der Waals surface area contributed by atoms with Crippen LogP contribution >= 0.6 is 0 Å². The third-order valence-electron chi connectivity index (χ3n) is 3.66. The molecule has 2 N–H and O–H groups in total. The van der Waals surface area contributed by atoms with Crippen molar-refractivity contribution in [1.82, 2.24) is 10.2 Å². The summed E-state index contributed by atoms with van der Waals surface area (Å²) < 4.78 is 5.29. The van der Waals surface area contributed by atoms with Crippen molar-refractivity contribution in [3.63, 3.8) is 0 Å². The third kappa shape index (κ3) is 2.52. The molecule has 0 saturated carbocycles. The van der Waals surface area contributed by atoms with Crippen molar-refractivity contribution in [3.8, 4) is 5.75 Å². The largest absolute Gasteiger partial charge is 0.482 e. The van der Waals surface area contributed by atoms with Gasteiger partial charge in [-0.3, -0.25) is 9.59 Å². The van der Waals surface area contributed by atoms with Gasteiger partial charge >= 0.3 is 0 Å². The Morgan fingerprint density at radius 3 is 3.00 bits per heavy atom. The van der Waals surface area contributed by atoms with Crippen LogP contribution in [0.5, 0.6) is 5.75 Å². The lowest BCUT2D eigenvalue weighted by Crippen LogP contribution is -2.25. The molecule has 0 fully saturated rings. The van der Waals surface area contributed by atoms with Crippen molar-refractivity contribution < 1.29 is 14.3 Å². The maximum atomic E-state index is 12.6. The van der Waals surface area contributed by atoms with Gasteiger partial charge < -0.3 is 15.4 Å². The monoisotopic (exact) mass is 320 g/mol. The van der Waals surface area contributed by atoms with Gasteiger partial charge in [0.25, 0.3) is 11.8 Å². The third-order valence-corrected chi connectivity index (χ3v) is 3.66. The van der Waals surface area contributed by atoms with Crippen molar-refractivity contribution >= 4 is 34.1 Å². The summed E-state index contributed by atoms with van der Waals surface area (Å²) in [6.07, 6.45) is 1.43. The zero-order valence-corrected chi connectivity index (χ0v) is 12.4. The van der Waals surface area contributed by atoms with Crippen molar-refractivity contribution in [2.24, 2.45) is 0 Å². The number of nitrogens with zero attached hydrogens (tertiary/aromatic N) is 2. The van der Waals surface area contributed by atoms with Gasteiger partial charge in [-0.15, -0.1) is 0 Å². The van der Waals surface area contributed by atoms with Crippen LogP contribution in [0.2, 0.25) is 0 Å². The van der Waals surface area contributed by atoms with Gasteiger partial charge in [-0.2, -0.15) is 10.2 Å². The van der Waals surface area contributed by atoms with Crippen LogP contribution in [0.15, 0.2) is 48.7 Å².